The van der Waals surface area contributed by atoms with Crippen molar-refractivity contribution in [3.8, 4) is 0 Å². The van der Waals surface area contributed by atoms with Gasteiger partial charge in [-0.15, -0.1) is 0 Å². The fourth-order valence-electron chi connectivity index (χ4n) is 0.824. The predicted octanol–water partition coefficient (Wildman–Crippen LogP) is 1.63. The molecular formula is C9H20N2OS2. The van der Waals surface area contributed by atoms with Crippen molar-refractivity contribution in [1.29, 1.82) is 0 Å². The smallest absolute Gasteiger partial charge is 0.220 e. The summed E-state index contributed by atoms with van der Waals surface area (Å²) in [4.78, 5) is 11.1. The summed E-state index contributed by atoms with van der Waals surface area (Å²) in [6.45, 7) is 3.58. The summed E-state index contributed by atoms with van der Waals surface area (Å²) in [5.41, 5.74) is 5.34. The van der Waals surface area contributed by atoms with E-state index in [2.05, 4.69) is 12.2 Å². The highest BCUT2D eigenvalue weighted by Crippen LogP contribution is 2.18. The minimum absolute atomic E-state index is 0.177. The maximum Gasteiger partial charge on any atom is 0.220 e. The quantitative estimate of drug-likeness (QED) is 0.472. The van der Waals surface area contributed by atoms with E-state index < -0.39 is 0 Å². The number of nitrogens with two attached hydrogens (primary N) is 1. The van der Waals surface area contributed by atoms with E-state index in [9.17, 15) is 4.79 Å². The highest BCUT2D eigenvalue weighted by atomic mass is 33.1. The largest absolute Gasteiger partial charge is 0.355 e. The van der Waals surface area contributed by atoms with Gasteiger partial charge in [0.1, 0.15) is 0 Å². The molecule has 0 aromatic carbocycles. The summed E-state index contributed by atoms with van der Waals surface area (Å²) in [5, 5.41) is 2.89. The van der Waals surface area contributed by atoms with Crippen LogP contribution < -0.4 is 11.1 Å². The normalized spacial score (nSPS) is 10.1. The third kappa shape index (κ3) is 10.2. The Morgan fingerprint density at radius 1 is 1.36 bits per heavy atom. The molecule has 84 valence electrons. The van der Waals surface area contributed by atoms with Gasteiger partial charge in [-0.2, -0.15) is 0 Å². The van der Waals surface area contributed by atoms with Gasteiger partial charge in [-0.1, -0.05) is 34.9 Å². The van der Waals surface area contributed by atoms with Crippen molar-refractivity contribution in [2.24, 2.45) is 5.73 Å². The van der Waals surface area contributed by atoms with Gasteiger partial charge in [0.15, 0.2) is 0 Å². The number of unbranched alkanes of at least 4 members (excludes halogenated alkanes) is 1. The van der Waals surface area contributed by atoms with Crippen LogP contribution in [-0.4, -0.2) is 30.5 Å². The van der Waals surface area contributed by atoms with Crippen molar-refractivity contribution in [3.63, 3.8) is 0 Å². The number of hydrogen-bond donors (Lipinski definition) is 2. The van der Waals surface area contributed by atoms with Gasteiger partial charge in [-0.25, -0.2) is 0 Å². The van der Waals surface area contributed by atoms with E-state index in [4.69, 9.17) is 5.73 Å². The molecule has 0 saturated heterocycles. The SMILES string of the molecule is CCCCC(=O)NCCSSCCN. The molecule has 0 atom stereocenters. The van der Waals surface area contributed by atoms with E-state index in [0.717, 1.165) is 37.4 Å². The second-order valence-corrected chi connectivity index (χ2v) is 5.59. The molecule has 0 aromatic rings. The van der Waals surface area contributed by atoms with Crippen LogP contribution in [0.5, 0.6) is 0 Å². The van der Waals surface area contributed by atoms with Crippen LogP contribution in [0, 0.1) is 0 Å². The number of rotatable bonds is 9. The first-order valence-electron chi connectivity index (χ1n) is 5.02. The molecule has 0 aliphatic rings. The first-order chi connectivity index (χ1) is 6.81. The van der Waals surface area contributed by atoms with Crippen LogP contribution in [0.15, 0.2) is 0 Å². The Bertz CT molecular complexity index is 145. The molecule has 0 spiro atoms. The van der Waals surface area contributed by atoms with Gasteiger partial charge in [0.25, 0.3) is 0 Å². The number of nitrogens with one attached hydrogen (secondary N) is 1. The lowest BCUT2D eigenvalue weighted by molar-refractivity contribution is -0.121. The van der Waals surface area contributed by atoms with Crippen LogP contribution in [-0.2, 0) is 4.79 Å². The van der Waals surface area contributed by atoms with Crippen molar-refractivity contribution in [3.05, 3.63) is 0 Å². The molecule has 3 N–H and O–H groups in total. The van der Waals surface area contributed by atoms with Crippen molar-refractivity contribution < 1.29 is 4.79 Å². The van der Waals surface area contributed by atoms with Gasteiger partial charge in [0, 0.05) is 31.0 Å². The monoisotopic (exact) mass is 236 g/mol. The summed E-state index contributed by atoms with van der Waals surface area (Å²) in [7, 11) is 3.53. The fraction of sp³-hybridized carbons (Fsp3) is 0.889. The molecule has 3 nitrogen and oxygen atoms in total. The fourth-order valence-corrected chi connectivity index (χ4v) is 2.59. The van der Waals surface area contributed by atoms with Gasteiger partial charge in [-0.05, 0) is 6.42 Å². The van der Waals surface area contributed by atoms with Crippen LogP contribution in [0.4, 0.5) is 0 Å². The van der Waals surface area contributed by atoms with E-state index in [1.165, 1.54) is 0 Å². The average Bonchev–Trinajstić information content (AvgIpc) is 2.20. The number of carbonyl (C=O) groups excluding carboxylic acids is 1. The molecule has 0 radical (unpaired) electrons. The second-order valence-electron chi connectivity index (χ2n) is 2.89. The van der Waals surface area contributed by atoms with E-state index in [0.29, 0.717) is 6.42 Å². The molecular weight excluding hydrogens is 216 g/mol. The molecule has 0 rings (SSSR count). The topological polar surface area (TPSA) is 55.1 Å². The standard InChI is InChI=1S/C9H20N2OS2/c1-2-3-4-9(12)11-6-8-14-13-7-5-10/h2-8,10H2,1H3,(H,11,12). The highest BCUT2D eigenvalue weighted by Gasteiger charge is 1.98. The summed E-state index contributed by atoms with van der Waals surface area (Å²) in [6, 6.07) is 0. The molecule has 0 fully saturated rings. The molecule has 1 amide bonds. The van der Waals surface area contributed by atoms with E-state index in [1.54, 1.807) is 21.6 Å². The maximum absolute atomic E-state index is 11.1. The van der Waals surface area contributed by atoms with Gasteiger partial charge in [-0.3, -0.25) is 4.79 Å². The zero-order chi connectivity index (χ0) is 10.6. The summed E-state index contributed by atoms with van der Waals surface area (Å²) < 4.78 is 0. The van der Waals surface area contributed by atoms with Crippen molar-refractivity contribution in [2.75, 3.05) is 24.6 Å². The molecule has 0 heterocycles. The van der Waals surface area contributed by atoms with Gasteiger partial charge >= 0.3 is 0 Å². The molecule has 0 aliphatic heterocycles. The Morgan fingerprint density at radius 3 is 2.71 bits per heavy atom. The minimum Gasteiger partial charge on any atom is -0.355 e. The average molecular weight is 236 g/mol. The molecule has 14 heavy (non-hydrogen) atoms. The molecule has 0 bridgehead atoms. The van der Waals surface area contributed by atoms with Crippen LogP contribution in [0.25, 0.3) is 0 Å². The molecule has 5 heteroatoms. The zero-order valence-electron chi connectivity index (χ0n) is 8.75. The van der Waals surface area contributed by atoms with Crippen LogP contribution in [0.2, 0.25) is 0 Å². The lowest BCUT2D eigenvalue weighted by Crippen LogP contribution is -2.25. The third-order valence-corrected chi connectivity index (χ3v) is 3.99. The molecule has 0 aliphatic carbocycles. The second kappa shape index (κ2) is 11.2. The Kier molecular flexibility index (Phi) is 11.3. The van der Waals surface area contributed by atoms with E-state index in [-0.39, 0.29) is 5.91 Å². The molecule has 0 saturated carbocycles. The maximum atomic E-state index is 11.1. The summed E-state index contributed by atoms with van der Waals surface area (Å²) >= 11 is 0. The van der Waals surface area contributed by atoms with Gasteiger partial charge in [0.05, 0.1) is 0 Å². The Morgan fingerprint density at radius 2 is 2.07 bits per heavy atom. The van der Waals surface area contributed by atoms with Crippen LogP contribution in [0.3, 0.4) is 0 Å². The number of amides is 1. The predicted molar refractivity (Wildman–Crippen MR) is 66.5 cm³/mol. The van der Waals surface area contributed by atoms with Crippen molar-refractivity contribution >= 4 is 27.5 Å². The van der Waals surface area contributed by atoms with Crippen LogP contribution >= 0.6 is 21.6 Å². The first kappa shape index (κ1) is 14.1. The molecule has 0 unspecified atom stereocenters. The van der Waals surface area contributed by atoms with Gasteiger partial charge < -0.3 is 11.1 Å². The highest BCUT2D eigenvalue weighted by molar-refractivity contribution is 8.76. The third-order valence-electron chi connectivity index (χ3n) is 1.55. The Balaban J connectivity index is 3.07. The van der Waals surface area contributed by atoms with Crippen LogP contribution in [0.1, 0.15) is 26.2 Å². The Labute approximate surface area is 94.4 Å². The summed E-state index contributed by atoms with van der Waals surface area (Å²) in [6.07, 6.45) is 2.73. The zero-order valence-corrected chi connectivity index (χ0v) is 10.4. The van der Waals surface area contributed by atoms with E-state index in [1.807, 2.05) is 0 Å². The molecule has 0 aromatic heterocycles. The minimum atomic E-state index is 0.177. The summed E-state index contributed by atoms with van der Waals surface area (Å²) in [5.74, 6) is 2.12. The number of hydrogen-bond acceptors (Lipinski definition) is 4. The Hall–Kier alpha value is 0.130. The lowest BCUT2D eigenvalue weighted by atomic mass is 10.2. The van der Waals surface area contributed by atoms with Crippen molar-refractivity contribution in [2.45, 2.75) is 26.2 Å². The lowest BCUT2D eigenvalue weighted by Gasteiger charge is -2.03. The van der Waals surface area contributed by atoms with Crippen molar-refractivity contribution in [1.82, 2.24) is 5.32 Å². The van der Waals surface area contributed by atoms with Gasteiger partial charge in [0.2, 0.25) is 5.91 Å². The number of carbonyl (C=O) groups is 1. The van der Waals surface area contributed by atoms with E-state index >= 15 is 0 Å². The first-order valence-corrected chi connectivity index (χ1v) is 7.51.